The van der Waals surface area contributed by atoms with Crippen molar-refractivity contribution in [3.05, 3.63) is 46.8 Å². The van der Waals surface area contributed by atoms with Gasteiger partial charge in [-0.15, -0.1) is 11.3 Å². The number of hydrogen-bond donors (Lipinski definition) is 2. The maximum Gasteiger partial charge on any atom is 0.251 e. The van der Waals surface area contributed by atoms with Crippen molar-refractivity contribution < 1.29 is 14.4 Å². The minimum absolute atomic E-state index is 0.136. The highest BCUT2D eigenvalue weighted by molar-refractivity contribution is 7.14. The lowest BCUT2D eigenvalue weighted by molar-refractivity contribution is -0.117. The second kappa shape index (κ2) is 6.84. The number of thiophene rings is 1. The Morgan fingerprint density at radius 1 is 1.21 bits per heavy atom. The lowest BCUT2D eigenvalue weighted by atomic mass is 10.1. The van der Waals surface area contributed by atoms with Crippen molar-refractivity contribution in [2.24, 2.45) is 5.73 Å². The van der Waals surface area contributed by atoms with Crippen molar-refractivity contribution in [1.82, 2.24) is 0 Å². The molecule has 0 unspecified atom stereocenters. The summed E-state index contributed by atoms with van der Waals surface area (Å²) in [5.41, 5.74) is 7.27. The average molecular weight is 343 g/mol. The summed E-state index contributed by atoms with van der Waals surface area (Å²) in [6.45, 7) is 0.743. The highest BCUT2D eigenvalue weighted by Gasteiger charge is 2.21. The molecule has 0 spiro atoms. The number of nitrogens with two attached hydrogens (primary N) is 1. The predicted octanol–water partition coefficient (Wildman–Crippen LogP) is 2.16. The van der Waals surface area contributed by atoms with Crippen LogP contribution in [0.5, 0.6) is 0 Å². The quantitative estimate of drug-likeness (QED) is 0.871. The SMILES string of the molecule is NC(=O)c1ccsc1NC(=O)Cc1ccc(N2CCCC2=O)cc1. The fourth-order valence-electron chi connectivity index (χ4n) is 2.67. The number of carbonyl (C=O) groups excluding carboxylic acids is 3. The van der Waals surface area contributed by atoms with Gasteiger partial charge in [-0.05, 0) is 35.6 Å². The molecule has 0 bridgehead atoms. The number of anilines is 2. The van der Waals surface area contributed by atoms with E-state index in [0.29, 0.717) is 17.0 Å². The molecule has 2 heterocycles. The zero-order chi connectivity index (χ0) is 17.1. The molecule has 124 valence electrons. The van der Waals surface area contributed by atoms with Crippen LogP contribution in [0.2, 0.25) is 0 Å². The number of hydrogen-bond acceptors (Lipinski definition) is 4. The van der Waals surface area contributed by atoms with Gasteiger partial charge in [0, 0.05) is 18.7 Å². The second-order valence-electron chi connectivity index (χ2n) is 5.57. The number of amides is 3. The summed E-state index contributed by atoms with van der Waals surface area (Å²) in [5, 5.41) is 4.88. The van der Waals surface area contributed by atoms with Gasteiger partial charge in [-0.3, -0.25) is 14.4 Å². The summed E-state index contributed by atoms with van der Waals surface area (Å²) < 4.78 is 0. The third-order valence-corrected chi connectivity index (χ3v) is 4.70. The van der Waals surface area contributed by atoms with Gasteiger partial charge in [0.15, 0.2) is 0 Å². The monoisotopic (exact) mass is 343 g/mol. The van der Waals surface area contributed by atoms with Crippen LogP contribution < -0.4 is 16.0 Å². The molecule has 0 atom stereocenters. The van der Waals surface area contributed by atoms with Gasteiger partial charge in [-0.1, -0.05) is 12.1 Å². The maximum atomic E-state index is 12.1. The Balaban J connectivity index is 1.63. The summed E-state index contributed by atoms with van der Waals surface area (Å²) in [7, 11) is 0. The highest BCUT2D eigenvalue weighted by atomic mass is 32.1. The van der Waals surface area contributed by atoms with Crippen LogP contribution in [-0.4, -0.2) is 24.3 Å². The molecule has 24 heavy (non-hydrogen) atoms. The Hall–Kier alpha value is -2.67. The summed E-state index contributed by atoms with van der Waals surface area (Å²) in [5.74, 6) is -0.645. The molecule has 0 aliphatic carbocycles. The molecule has 1 aliphatic heterocycles. The topological polar surface area (TPSA) is 92.5 Å². The Kier molecular flexibility index (Phi) is 4.61. The molecule has 3 amide bonds. The average Bonchev–Trinajstić information content (AvgIpc) is 3.17. The van der Waals surface area contributed by atoms with Crippen molar-refractivity contribution in [2.75, 3.05) is 16.8 Å². The van der Waals surface area contributed by atoms with E-state index in [1.807, 2.05) is 24.3 Å². The van der Waals surface area contributed by atoms with E-state index in [9.17, 15) is 14.4 Å². The Morgan fingerprint density at radius 3 is 2.58 bits per heavy atom. The van der Waals surface area contributed by atoms with Crippen molar-refractivity contribution in [2.45, 2.75) is 19.3 Å². The molecule has 7 heteroatoms. The van der Waals surface area contributed by atoms with Gasteiger partial charge < -0.3 is 16.0 Å². The Labute approximate surface area is 143 Å². The van der Waals surface area contributed by atoms with Crippen LogP contribution in [0.3, 0.4) is 0 Å². The normalized spacial score (nSPS) is 14.0. The first-order chi connectivity index (χ1) is 11.5. The third kappa shape index (κ3) is 3.46. The van der Waals surface area contributed by atoms with Crippen LogP contribution in [-0.2, 0) is 16.0 Å². The lowest BCUT2D eigenvalue weighted by Gasteiger charge is -2.15. The van der Waals surface area contributed by atoms with E-state index in [2.05, 4.69) is 5.32 Å². The highest BCUT2D eigenvalue weighted by Crippen LogP contribution is 2.24. The van der Waals surface area contributed by atoms with E-state index in [-0.39, 0.29) is 18.2 Å². The van der Waals surface area contributed by atoms with Gasteiger partial charge in [-0.25, -0.2) is 0 Å². The fraction of sp³-hybridized carbons (Fsp3) is 0.235. The van der Waals surface area contributed by atoms with E-state index in [1.165, 1.54) is 11.3 Å². The zero-order valence-electron chi connectivity index (χ0n) is 13.0. The molecule has 0 saturated carbocycles. The predicted molar refractivity (Wildman–Crippen MR) is 93.2 cm³/mol. The molecule has 1 fully saturated rings. The van der Waals surface area contributed by atoms with E-state index >= 15 is 0 Å². The van der Waals surface area contributed by atoms with Crippen LogP contribution in [0.4, 0.5) is 10.7 Å². The lowest BCUT2D eigenvalue weighted by Crippen LogP contribution is -2.23. The van der Waals surface area contributed by atoms with Crippen LogP contribution in [0.15, 0.2) is 35.7 Å². The molecule has 3 N–H and O–H groups in total. The van der Waals surface area contributed by atoms with Crippen molar-refractivity contribution in [1.29, 1.82) is 0 Å². The van der Waals surface area contributed by atoms with Crippen molar-refractivity contribution in [3.63, 3.8) is 0 Å². The van der Waals surface area contributed by atoms with E-state index in [0.717, 1.165) is 24.2 Å². The van der Waals surface area contributed by atoms with Crippen LogP contribution in [0.1, 0.15) is 28.8 Å². The number of carbonyl (C=O) groups is 3. The Bertz CT molecular complexity index is 783. The third-order valence-electron chi connectivity index (χ3n) is 3.87. The summed E-state index contributed by atoms with van der Waals surface area (Å²) in [4.78, 5) is 36.9. The molecule has 2 aromatic rings. The summed E-state index contributed by atoms with van der Waals surface area (Å²) in [6.07, 6.45) is 1.66. The number of benzene rings is 1. The number of nitrogens with zero attached hydrogens (tertiary/aromatic N) is 1. The number of nitrogens with one attached hydrogen (secondary N) is 1. The molecule has 3 rings (SSSR count). The van der Waals surface area contributed by atoms with Gasteiger partial charge in [0.05, 0.1) is 12.0 Å². The first-order valence-electron chi connectivity index (χ1n) is 7.61. The minimum Gasteiger partial charge on any atom is -0.366 e. The molecule has 6 nitrogen and oxygen atoms in total. The fourth-order valence-corrected chi connectivity index (χ4v) is 3.48. The van der Waals surface area contributed by atoms with E-state index < -0.39 is 5.91 Å². The summed E-state index contributed by atoms with van der Waals surface area (Å²) in [6, 6.07) is 8.97. The number of primary amides is 1. The van der Waals surface area contributed by atoms with Gasteiger partial charge in [0.1, 0.15) is 5.00 Å². The van der Waals surface area contributed by atoms with Crippen molar-refractivity contribution in [3.8, 4) is 0 Å². The number of rotatable bonds is 5. The first-order valence-corrected chi connectivity index (χ1v) is 8.49. The molecular formula is C17H17N3O3S. The minimum atomic E-state index is -0.564. The first kappa shape index (κ1) is 16.2. The molecule has 1 aromatic heterocycles. The largest absolute Gasteiger partial charge is 0.366 e. The van der Waals surface area contributed by atoms with Crippen LogP contribution in [0, 0.1) is 0 Å². The maximum absolute atomic E-state index is 12.1. The van der Waals surface area contributed by atoms with Crippen LogP contribution in [0.25, 0.3) is 0 Å². The standard InChI is InChI=1S/C17H17N3O3S/c18-16(23)13-7-9-24-17(13)19-14(21)10-11-3-5-12(6-4-11)20-8-1-2-15(20)22/h3-7,9H,1-2,8,10H2,(H2,18,23)(H,19,21). The zero-order valence-corrected chi connectivity index (χ0v) is 13.8. The van der Waals surface area contributed by atoms with Gasteiger partial charge >= 0.3 is 0 Å². The van der Waals surface area contributed by atoms with Crippen molar-refractivity contribution >= 4 is 39.7 Å². The second-order valence-corrected chi connectivity index (χ2v) is 6.48. The molecule has 1 aromatic carbocycles. The molecule has 1 saturated heterocycles. The van der Waals surface area contributed by atoms with Gasteiger partial charge in [-0.2, -0.15) is 0 Å². The summed E-state index contributed by atoms with van der Waals surface area (Å²) >= 11 is 1.26. The molecular weight excluding hydrogens is 326 g/mol. The Morgan fingerprint density at radius 2 is 1.96 bits per heavy atom. The smallest absolute Gasteiger partial charge is 0.251 e. The van der Waals surface area contributed by atoms with Gasteiger partial charge in [0.2, 0.25) is 11.8 Å². The molecule has 0 radical (unpaired) electrons. The van der Waals surface area contributed by atoms with E-state index in [1.54, 1.807) is 16.3 Å². The van der Waals surface area contributed by atoms with E-state index in [4.69, 9.17) is 5.73 Å². The van der Waals surface area contributed by atoms with Crippen LogP contribution >= 0.6 is 11.3 Å². The van der Waals surface area contributed by atoms with Gasteiger partial charge in [0.25, 0.3) is 5.91 Å². The molecule has 1 aliphatic rings.